The van der Waals surface area contributed by atoms with Crippen molar-refractivity contribution in [3.05, 3.63) is 59.1 Å². The number of hydrogen-bond acceptors (Lipinski definition) is 10. The summed E-state index contributed by atoms with van der Waals surface area (Å²) in [6.45, 7) is 2.67. The van der Waals surface area contributed by atoms with Crippen molar-refractivity contribution in [3.8, 4) is 5.88 Å². The van der Waals surface area contributed by atoms with Crippen molar-refractivity contribution in [2.24, 2.45) is 0 Å². The van der Waals surface area contributed by atoms with Gasteiger partial charge < -0.3 is 19.2 Å². The van der Waals surface area contributed by atoms with Crippen molar-refractivity contribution in [2.75, 3.05) is 17.9 Å². The van der Waals surface area contributed by atoms with E-state index >= 15 is 0 Å². The second-order valence-corrected chi connectivity index (χ2v) is 11.3. The number of ether oxygens (including phenoxy) is 1. The minimum absolute atomic E-state index is 0.0154. The summed E-state index contributed by atoms with van der Waals surface area (Å²) in [5.41, 5.74) is 2.92. The highest BCUT2D eigenvalue weighted by atomic mass is 32.2. The van der Waals surface area contributed by atoms with Gasteiger partial charge in [0.05, 0.1) is 4.90 Å². The number of aliphatic carboxylic acids is 1. The highest BCUT2D eigenvalue weighted by Gasteiger charge is 2.31. The monoisotopic (exact) mass is 618 g/mol. The molecule has 0 amide bonds. The summed E-state index contributed by atoms with van der Waals surface area (Å²) in [6, 6.07) is 8.48. The molecule has 11 nitrogen and oxygen atoms in total. The fraction of sp³-hybridized carbons (Fsp3) is 0.440. The predicted octanol–water partition coefficient (Wildman–Crippen LogP) is 3.20. The number of carbonyl (C=O) groups is 1. The Labute approximate surface area is 236 Å². The molecule has 1 saturated carbocycles. The zero-order valence-electron chi connectivity index (χ0n) is 22.0. The number of halogens is 5. The Morgan fingerprint density at radius 1 is 1.21 bits per heavy atom. The van der Waals surface area contributed by atoms with Crippen LogP contribution in [0.5, 0.6) is 5.88 Å². The van der Waals surface area contributed by atoms with Gasteiger partial charge in [0.25, 0.3) is 22.4 Å². The molecule has 0 saturated heterocycles. The minimum atomic E-state index is -5.19. The van der Waals surface area contributed by atoms with E-state index in [0.717, 1.165) is 42.5 Å². The van der Waals surface area contributed by atoms with Gasteiger partial charge in [-0.15, -0.1) is 0 Å². The average molecular weight is 619 g/mol. The van der Waals surface area contributed by atoms with Crippen molar-refractivity contribution >= 4 is 21.9 Å². The van der Waals surface area contributed by atoms with Crippen LogP contribution in [0.2, 0.25) is 0 Å². The van der Waals surface area contributed by atoms with E-state index in [-0.39, 0.29) is 28.7 Å². The van der Waals surface area contributed by atoms with E-state index in [9.17, 15) is 30.4 Å². The lowest BCUT2D eigenvalue weighted by Gasteiger charge is -2.34. The number of carboxylic acid groups (broad SMARTS) is 1. The van der Waals surface area contributed by atoms with E-state index in [4.69, 9.17) is 19.2 Å². The lowest BCUT2D eigenvalue weighted by Crippen LogP contribution is -2.37. The Hall–Kier alpha value is -3.86. The molecule has 0 spiro atoms. The number of carbonyl (C=O) groups excluding carboxylic acids is 1. The summed E-state index contributed by atoms with van der Waals surface area (Å²) in [5.74, 6) is -2.23. The number of hydrogen-bond donors (Lipinski definition) is 1. The minimum Gasteiger partial charge on any atom is -0.542 e. The Morgan fingerprint density at radius 3 is 2.52 bits per heavy atom. The standard InChI is InChI=1S/C23H25F2N5O4S.C2HF3O2/c1-14(17-5-7-21(26-11-17)33-13-20(24)25)30-9-8-15-4-6-19(10-18(15)12-30)35(31,32)29-23-27-22(34-28-23)16-2-3-16;3-2(4,5)1(6)7/h4-7,10-11,14,16,20H,2-3,8-9,12-13H2,1H3,(H,28,29);(H,6,7)/p-1/t14-;/m1./s1. The van der Waals surface area contributed by atoms with E-state index < -0.39 is 35.2 Å². The van der Waals surface area contributed by atoms with Crippen LogP contribution in [0.15, 0.2) is 45.9 Å². The molecule has 1 aliphatic heterocycles. The van der Waals surface area contributed by atoms with Crippen LogP contribution in [0.1, 0.15) is 54.3 Å². The summed E-state index contributed by atoms with van der Waals surface area (Å²) < 4.78 is 94.5. The predicted molar refractivity (Wildman–Crippen MR) is 133 cm³/mol. The number of nitrogens with one attached hydrogen (secondary N) is 1. The number of alkyl halides is 5. The van der Waals surface area contributed by atoms with Crippen molar-refractivity contribution in [1.82, 2.24) is 20.0 Å². The fourth-order valence-electron chi connectivity index (χ4n) is 4.09. The number of fused-ring (bicyclic) bond motifs is 1. The molecule has 1 aliphatic carbocycles. The van der Waals surface area contributed by atoms with Crippen LogP contribution in [-0.2, 0) is 27.8 Å². The number of nitrogens with zero attached hydrogens (tertiary/aromatic N) is 4. The van der Waals surface area contributed by atoms with Gasteiger partial charge in [0.15, 0.2) is 6.61 Å². The van der Waals surface area contributed by atoms with Gasteiger partial charge in [-0.3, -0.25) is 4.90 Å². The molecule has 42 heavy (non-hydrogen) atoms. The van der Waals surface area contributed by atoms with Gasteiger partial charge >= 0.3 is 6.18 Å². The molecule has 5 rings (SSSR count). The molecular weight excluding hydrogens is 593 g/mol. The molecule has 0 bridgehead atoms. The largest absolute Gasteiger partial charge is 0.542 e. The number of carboxylic acids is 1. The zero-order chi connectivity index (χ0) is 30.7. The third kappa shape index (κ3) is 8.12. The second kappa shape index (κ2) is 12.6. The summed E-state index contributed by atoms with van der Waals surface area (Å²) in [4.78, 5) is 19.4. The SMILES string of the molecule is C[C@H](c1ccc(OCC(F)F)nc1)N1CCc2ccc(S(=O)(=O)Nc3noc(C4CC4)n3)cc2C1.O=C([O-])C(F)(F)F. The quantitative estimate of drug-likeness (QED) is 0.354. The van der Waals surface area contributed by atoms with Crippen LogP contribution >= 0.6 is 0 Å². The highest BCUT2D eigenvalue weighted by Crippen LogP contribution is 2.39. The number of aromatic nitrogens is 3. The van der Waals surface area contributed by atoms with Crippen molar-refractivity contribution in [2.45, 2.75) is 62.2 Å². The number of rotatable bonds is 9. The molecule has 1 aromatic carbocycles. The summed E-state index contributed by atoms with van der Waals surface area (Å²) in [6.07, 6.45) is -3.42. The second-order valence-electron chi connectivity index (χ2n) is 9.58. The van der Waals surface area contributed by atoms with E-state index in [0.29, 0.717) is 12.4 Å². The number of benzene rings is 1. The van der Waals surface area contributed by atoms with E-state index in [1.165, 1.54) is 0 Å². The van der Waals surface area contributed by atoms with Crippen LogP contribution < -0.4 is 14.6 Å². The van der Waals surface area contributed by atoms with Crippen LogP contribution in [-0.4, -0.2) is 60.2 Å². The highest BCUT2D eigenvalue weighted by molar-refractivity contribution is 7.92. The van der Waals surface area contributed by atoms with Gasteiger partial charge in [0, 0.05) is 37.3 Å². The van der Waals surface area contributed by atoms with Crippen LogP contribution in [0.25, 0.3) is 0 Å². The molecular formula is C25H25F5N5O6S-. The topological polar surface area (TPSA) is 151 Å². The van der Waals surface area contributed by atoms with Gasteiger partial charge in [-0.25, -0.2) is 26.9 Å². The molecule has 3 aromatic rings. The number of anilines is 1. The van der Waals surface area contributed by atoms with Crippen LogP contribution in [0, 0.1) is 0 Å². The van der Waals surface area contributed by atoms with Gasteiger partial charge in [-0.1, -0.05) is 12.1 Å². The summed E-state index contributed by atoms with van der Waals surface area (Å²) in [5, 5.41) is 12.5. The van der Waals surface area contributed by atoms with Gasteiger partial charge in [-0.05, 0) is 60.2 Å². The maximum atomic E-state index is 12.9. The van der Waals surface area contributed by atoms with Crippen LogP contribution in [0.3, 0.4) is 0 Å². The Kier molecular flexibility index (Phi) is 9.30. The van der Waals surface area contributed by atoms with Crippen molar-refractivity contribution in [3.63, 3.8) is 0 Å². The third-order valence-electron chi connectivity index (χ3n) is 6.50. The number of pyridine rings is 1. The molecule has 1 atom stereocenters. The van der Waals surface area contributed by atoms with Crippen LogP contribution in [0.4, 0.5) is 27.9 Å². The maximum absolute atomic E-state index is 12.9. The van der Waals surface area contributed by atoms with Gasteiger partial charge in [-0.2, -0.15) is 18.2 Å². The fourth-order valence-corrected chi connectivity index (χ4v) is 5.07. The number of sulfonamides is 1. The Balaban J connectivity index is 0.000000517. The first-order valence-corrected chi connectivity index (χ1v) is 14.1. The zero-order valence-corrected chi connectivity index (χ0v) is 22.8. The molecule has 17 heteroatoms. The van der Waals surface area contributed by atoms with E-state index in [1.807, 2.05) is 13.0 Å². The lowest BCUT2D eigenvalue weighted by atomic mass is 9.97. The van der Waals surface area contributed by atoms with Crippen molar-refractivity contribution < 1.29 is 49.5 Å². The smallest absolute Gasteiger partial charge is 0.430 e. The third-order valence-corrected chi connectivity index (χ3v) is 7.83. The Morgan fingerprint density at radius 2 is 1.93 bits per heavy atom. The molecule has 2 aromatic heterocycles. The van der Waals surface area contributed by atoms with Gasteiger partial charge in [0.2, 0.25) is 11.8 Å². The molecule has 2 aliphatic rings. The first-order valence-electron chi connectivity index (χ1n) is 12.6. The molecule has 3 heterocycles. The first-order chi connectivity index (χ1) is 19.7. The molecule has 0 unspecified atom stereocenters. The first kappa shape index (κ1) is 31.1. The normalized spacial score (nSPS) is 16.3. The lowest BCUT2D eigenvalue weighted by molar-refractivity contribution is -0.344. The van der Waals surface area contributed by atoms with E-state index in [2.05, 4.69) is 24.7 Å². The maximum Gasteiger partial charge on any atom is 0.430 e. The molecule has 1 fully saturated rings. The Bertz CT molecular complexity index is 1500. The average Bonchev–Trinajstić information content (AvgIpc) is 3.69. The van der Waals surface area contributed by atoms with Crippen molar-refractivity contribution in [1.29, 1.82) is 0 Å². The van der Waals surface area contributed by atoms with E-state index in [1.54, 1.807) is 30.5 Å². The van der Waals surface area contributed by atoms with Gasteiger partial charge in [0.1, 0.15) is 5.97 Å². The summed E-state index contributed by atoms with van der Waals surface area (Å²) >= 11 is 0. The molecule has 0 radical (unpaired) electrons. The molecule has 1 N–H and O–H groups in total. The summed E-state index contributed by atoms with van der Waals surface area (Å²) in [7, 11) is -3.88. The molecule has 228 valence electrons.